The maximum atomic E-state index is 12.3. The fraction of sp³-hybridized carbons (Fsp3) is 0.421. The number of hydrogen-bond acceptors (Lipinski definition) is 4. The van der Waals surface area contributed by atoms with Crippen LogP contribution < -0.4 is 5.32 Å². The molecule has 1 N–H and O–H groups in total. The van der Waals surface area contributed by atoms with Crippen molar-refractivity contribution in [1.29, 1.82) is 0 Å². The first kappa shape index (κ1) is 20.0. The number of nitrogens with zero attached hydrogens (tertiary/aromatic N) is 2. The molecule has 2 aromatic rings. The molecule has 0 saturated carbocycles. The average Bonchev–Trinajstić information content (AvgIpc) is 2.83. The second kappa shape index (κ2) is 8.36. The van der Waals surface area contributed by atoms with Crippen LogP contribution in [0.1, 0.15) is 41.0 Å². The number of amides is 1. The van der Waals surface area contributed by atoms with Crippen LogP contribution in [0.4, 0.5) is 5.69 Å². The summed E-state index contributed by atoms with van der Waals surface area (Å²) in [6.45, 7) is 9.84. The molecule has 0 saturated heterocycles. The SMILES string of the molecule is Cc1cccc(NC(=O)COC(=O)c2c(C)nn(CC(C)C)c2Cl)c1C. The maximum absolute atomic E-state index is 12.3. The lowest BCUT2D eigenvalue weighted by molar-refractivity contribution is -0.119. The molecule has 6 nitrogen and oxygen atoms in total. The number of carbonyl (C=O) groups excluding carboxylic acids is 2. The van der Waals surface area contributed by atoms with Crippen molar-refractivity contribution in [2.45, 2.75) is 41.2 Å². The van der Waals surface area contributed by atoms with Gasteiger partial charge in [0.15, 0.2) is 6.61 Å². The Morgan fingerprint density at radius 2 is 1.96 bits per heavy atom. The van der Waals surface area contributed by atoms with Gasteiger partial charge < -0.3 is 10.1 Å². The van der Waals surface area contributed by atoms with Crippen molar-refractivity contribution in [3.8, 4) is 0 Å². The maximum Gasteiger partial charge on any atom is 0.343 e. The van der Waals surface area contributed by atoms with Gasteiger partial charge in [0.2, 0.25) is 0 Å². The van der Waals surface area contributed by atoms with Gasteiger partial charge in [0, 0.05) is 12.2 Å². The summed E-state index contributed by atoms with van der Waals surface area (Å²) in [5.74, 6) is -0.729. The van der Waals surface area contributed by atoms with Gasteiger partial charge in [0.25, 0.3) is 5.91 Å². The summed E-state index contributed by atoms with van der Waals surface area (Å²) >= 11 is 6.25. The van der Waals surface area contributed by atoms with Crippen LogP contribution in [0.25, 0.3) is 0 Å². The summed E-state index contributed by atoms with van der Waals surface area (Å²) in [6, 6.07) is 5.62. The van der Waals surface area contributed by atoms with Crippen LogP contribution >= 0.6 is 11.6 Å². The van der Waals surface area contributed by atoms with E-state index < -0.39 is 18.5 Å². The molecule has 0 radical (unpaired) electrons. The highest BCUT2D eigenvalue weighted by Gasteiger charge is 2.22. The first-order valence-electron chi connectivity index (χ1n) is 8.46. The average molecular weight is 378 g/mol. The predicted octanol–water partition coefficient (Wildman–Crippen LogP) is 3.91. The van der Waals surface area contributed by atoms with E-state index >= 15 is 0 Å². The molecule has 0 aliphatic heterocycles. The number of aryl methyl sites for hydroxylation is 2. The molecule has 26 heavy (non-hydrogen) atoms. The van der Waals surface area contributed by atoms with Crippen LogP contribution in [0.15, 0.2) is 18.2 Å². The normalized spacial score (nSPS) is 10.9. The fourth-order valence-electron chi connectivity index (χ4n) is 2.53. The molecule has 1 heterocycles. The fourth-order valence-corrected chi connectivity index (χ4v) is 2.85. The molecule has 2 rings (SSSR count). The topological polar surface area (TPSA) is 73.2 Å². The highest BCUT2D eigenvalue weighted by molar-refractivity contribution is 6.32. The van der Waals surface area contributed by atoms with Crippen LogP contribution in [-0.2, 0) is 16.1 Å². The number of halogens is 1. The molecule has 140 valence electrons. The van der Waals surface area contributed by atoms with Crippen LogP contribution in [0.3, 0.4) is 0 Å². The number of hydrogen-bond donors (Lipinski definition) is 1. The van der Waals surface area contributed by atoms with E-state index in [0.717, 1.165) is 11.1 Å². The second-order valence-corrected chi connectivity index (χ2v) is 7.06. The monoisotopic (exact) mass is 377 g/mol. The number of benzene rings is 1. The molecule has 1 amide bonds. The van der Waals surface area contributed by atoms with Gasteiger partial charge in [-0.2, -0.15) is 5.10 Å². The molecule has 0 aliphatic rings. The van der Waals surface area contributed by atoms with Crippen molar-refractivity contribution in [3.63, 3.8) is 0 Å². The highest BCUT2D eigenvalue weighted by atomic mass is 35.5. The molecule has 1 aromatic carbocycles. The van der Waals surface area contributed by atoms with Crippen LogP contribution in [-0.4, -0.2) is 28.3 Å². The molecule has 7 heteroatoms. The first-order chi connectivity index (χ1) is 12.2. The van der Waals surface area contributed by atoms with Crippen molar-refractivity contribution in [2.75, 3.05) is 11.9 Å². The van der Waals surface area contributed by atoms with Crippen LogP contribution in [0.5, 0.6) is 0 Å². The number of anilines is 1. The minimum Gasteiger partial charge on any atom is -0.452 e. The van der Waals surface area contributed by atoms with E-state index in [4.69, 9.17) is 16.3 Å². The lowest BCUT2D eigenvalue weighted by atomic mass is 10.1. The highest BCUT2D eigenvalue weighted by Crippen LogP contribution is 2.22. The zero-order valence-corrected chi connectivity index (χ0v) is 16.5. The van der Waals surface area contributed by atoms with Gasteiger partial charge in [-0.3, -0.25) is 9.48 Å². The zero-order valence-electron chi connectivity index (χ0n) is 15.7. The van der Waals surface area contributed by atoms with Gasteiger partial charge in [0.1, 0.15) is 10.7 Å². The zero-order chi connectivity index (χ0) is 19.4. The molecule has 0 fully saturated rings. The summed E-state index contributed by atoms with van der Waals surface area (Å²) in [5.41, 5.74) is 3.42. The Kier molecular flexibility index (Phi) is 6.42. The smallest absolute Gasteiger partial charge is 0.343 e. The summed E-state index contributed by atoms with van der Waals surface area (Å²) < 4.78 is 6.70. The third-order valence-corrected chi connectivity index (χ3v) is 4.40. The Balaban J connectivity index is 2.01. The number of rotatable bonds is 6. The van der Waals surface area contributed by atoms with Gasteiger partial charge in [-0.1, -0.05) is 37.6 Å². The Morgan fingerprint density at radius 3 is 2.62 bits per heavy atom. The molecular weight excluding hydrogens is 354 g/mol. The molecule has 0 bridgehead atoms. The van der Waals surface area contributed by atoms with Crippen molar-refractivity contribution in [1.82, 2.24) is 9.78 Å². The predicted molar refractivity (Wildman–Crippen MR) is 102 cm³/mol. The lowest BCUT2D eigenvalue weighted by Crippen LogP contribution is -2.21. The minimum atomic E-state index is -0.654. The van der Waals surface area contributed by atoms with E-state index in [9.17, 15) is 9.59 Å². The quantitative estimate of drug-likeness (QED) is 0.774. The molecule has 0 aliphatic carbocycles. The minimum absolute atomic E-state index is 0.201. The largest absolute Gasteiger partial charge is 0.452 e. The van der Waals surface area contributed by atoms with Gasteiger partial charge >= 0.3 is 5.97 Å². The molecule has 0 spiro atoms. The van der Waals surface area contributed by atoms with Gasteiger partial charge in [0.05, 0.1) is 5.69 Å². The standard InChI is InChI=1S/C19H24ClN3O3/c1-11(2)9-23-18(20)17(14(5)22-23)19(25)26-10-16(24)21-15-8-6-7-12(3)13(15)4/h6-8,11H,9-10H2,1-5H3,(H,21,24). The third-order valence-electron chi connectivity index (χ3n) is 4.02. The van der Waals surface area contributed by atoms with Gasteiger partial charge in [-0.15, -0.1) is 0 Å². The number of ether oxygens (including phenoxy) is 1. The summed E-state index contributed by atoms with van der Waals surface area (Å²) in [5, 5.41) is 7.25. The molecule has 0 unspecified atom stereocenters. The molecule has 0 atom stereocenters. The van der Waals surface area contributed by atoms with E-state index in [2.05, 4.69) is 10.4 Å². The van der Waals surface area contributed by atoms with Crippen molar-refractivity contribution < 1.29 is 14.3 Å². The van der Waals surface area contributed by atoms with E-state index in [0.29, 0.717) is 23.8 Å². The van der Waals surface area contributed by atoms with Crippen molar-refractivity contribution in [3.05, 3.63) is 45.7 Å². The Bertz CT molecular complexity index is 828. The number of carbonyl (C=O) groups is 2. The number of aromatic nitrogens is 2. The van der Waals surface area contributed by atoms with E-state index in [1.54, 1.807) is 17.7 Å². The first-order valence-corrected chi connectivity index (χ1v) is 8.84. The number of esters is 1. The van der Waals surface area contributed by atoms with Gasteiger partial charge in [-0.05, 0) is 43.9 Å². The number of nitrogens with one attached hydrogen (secondary N) is 1. The molecule has 1 aromatic heterocycles. The summed E-state index contributed by atoms with van der Waals surface area (Å²) in [6.07, 6.45) is 0. The van der Waals surface area contributed by atoms with Crippen molar-refractivity contribution >= 4 is 29.2 Å². The third kappa shape index (κ3) is 4.64. The van der Waals surface area contributed by atoms with E-state index in [1.165, 1.54) is 0 Å². The van der Waals surface area contributed by atoms with Crippen LogP contribution in [0.2, 0.25) is 5.15 Å². The lowest BCUT2D eigenvalue weighted by Gasteiger charge is -2.10. The van der Waals surface area contributed by atoms with Gasteiger partial charge in [-0.25, -0.2) is 4.79 Å². The summed E-state index contributed by atoms with van der Waals surface area (Å²) in [4.78, 5) is 24.4. The second-order valence-electron chi connectivity index (χ2n) is 6.70. The molecular formula is C19H24ClN3O3. The summed E-state index contributed by atoms with van der Waals surface area (Å²) in [7, 11) is 0. The van der Waals surface area contributed by atoms with E-state index in [-0.39, 0.29) is 10.7 Å². The Labute approximate surface area is 158 Å². The Morgan fingerprint density at radius 1 is 1.27 bits per heavy atom. The Hall–Kier alpha value is -2.34. The van der Waals surface area contributed by atoms with Crippen molar-refractivity contribution in [2.24, 2.45) is 5.92 Å². The van der Waals surface area contributed by atoms with E-state index in [1.807, 2.05) is 39.8 Å². The van der Waals surface area contributed by atoms with Crippen LogP contribution in [0, 0.1) is 26.7 Å².